The highest BCUT2D eigenvalue weighted by Crippen LogP contribution is 2.38. The van der Waals surface area contributed by atoms with Crippen molar-refractivity contribution in [2.75, 3.05) is 0 Å². The summed E-state index contributed by atoms with van der Waals surface area (Å²) in [7, 11) is 0. The number of hydrogen-bond donors (Lipinski definition) is 1. The van der Waals surface area contributed by atoms with Gasteiger partial charge in [0.15, 0.2) is 6.61 Å². The fraction of sp³-hybridized carbons (Fsp3) is 0.385. The molecule has 1 saturated carbocycles. The molecule has 0 spiro atoms. The molecular weight excluding hydrogens is 276 g/mol. The number of non-ortho nitro benzene ring substituents is 1. The number of nitrogens with zero attached hydrogens (tertiary/aromatic N) is 3. The Kier molecular flexibility index (Phi) is 3.53. The summed E-state index contributed by atoms with van der Waals surface area (Å²) >= 11 is 0. The molecule has 0 aliphatic heterocycles. The van der Waals surface area contributed by atoms with Gasteiger partial charge in [0.25, 0.3) is 5.69 Å². The second-order valence-electron chi connectivity index (χ2n) is 4.87. The quantitative estimate of drug-likeness (QED) is 0.637. The van der Waals surface area contributed by atoms with E-state index in [9.17, 15) is 10.1 Å². The minimum atomic E-state index is -0.468. The van der Waals surface area contributed by atoms with Crippen molar-refractivity contribution < 1.29 is 14.2 Å². The molecule has 0 bridgehead atoms. The number of nitrogens with two attached hydrogens (primary N) is 1. The highest BCUT2D eigenvalue weighted by Gasteiger charge is 2.29. The number of aromatic nitrogens is 2. The van der Waals surface area contributed by atoms with Crippen LogP contribution in [0.2, 0.25) is 0 Å². The van der Waals surface area contributed by atoms with Crippen LogP contribution in [0.4, 0.5) is 5.69 Å². The van der Waals surface area contributed by atoms with Crippen LogP contribution in [0.5, 0.6) is 5.75 Å². The minimum Gasteiger partial charge on any atom is -0.485 e. The van der Waals surface area contributed by atoms with Crippen LogP contribution in [-0.2, 0) is 13.2 Å². The number of benzene rings is 1. The van der Waals surface area contributed by atoms with E-state index in [4.69, 9.17) is 15.0 Å². The largest absolute Gasteiger partial charge is 0.485 e. The number of nitro benzene ring substituents is 1. The summed E-state index contributed by atoms with van der Waals surface area (Å²) in [5, 5.41) is 14.6. The standard InChI is InChI=1S/C13H14N4O4/c14-6-9-5-10(17(18)19)3-4-11(9)20-7-12-15-13(21-16-12)8-1-2-8/h3-5,8H,1-2,6-7,14H2. The van der Waals surface area contributed by atoms with Crippen LogP contribution in [0, 0.1) is 10.1 Å². The molecule has 1 aliphatic rings. The lowest BCUT2D eigenvalue weighted by Crippen LogP contribution is -2.04. The maximum absolute atomic E-state index is 10.7. The molecule has 1 aromatic heterocycles. The summed E-state index contributed by atoms with van der Waals surface area (Å²) in [5.41, 5.74) is 6.14. The van der Waals surface area contributed by atoms with Gasteiger partial charge in [-0.2, -0.15) is 4.98 Å². The fourth-order valence-corrected chi connectivity index (χ4v) is 1.94. The summed E-state index contributed by atoms with van der Waals surface area (Å²) < 4.78 is 10.7. The first-order valence-electron chi connectivity index (χ1n) is 6.60. The molecule has 0 amide bonds. The van der Waals surface area contributed by atoms with Gasteiger partial charge in [-0.05, 0) is 18.9 Å². The molecule has 0 radical (unpaired) electrons. The molecule has 0 atom stereocenters. The predicted octanol–water partition coefficient (Wildman–Crippen LogP) is 1.89. The molecule has 1 aromatic carbocycles. The van der Waals surface area contributed by atoms with E-state index in [1.807, 2.05) is 0 Å². The number of ether oxygens (including phenoxy) is 1. The van der Waals surface area contributed by atoms with Crippen molar-refractivity contribution in [2.45, 2.75) is 31.9 Å². The molecular formula is C13H14N4O4. The Morgan fingerprint density at radius 2 is 2.29 bits per heavy atom. The molecule has 3 rings (SSSR count). The van der Waals surface area contributed by atoms with Crippen LogP contribution in [-0.4, -0.2) is 15.1 Å². The zero-order chi connectivity index (χ0) is 14.8. The van der Waals surface area contributed by atoms with Gasteiger partial charge in [0.1, 0.15) is 5.75 Å². The van der Waals surface area contributed by atoms with E-state index in [0.717, 1.165) is 12.8 Å². The molecule has 1 heterocycles. The highest BCUT2D eigenvalue weighted by molar-refractivity contribution is 5.43. The van der Waals surface area contributed by atoms with Crippen LogP contribution in [0.1, 0.15) is 36.0 Å². The molecule has 110 valence electrons. The lowest BCUT2D eigenvalue weighted by molar-refractivity contribution is -0.384. The van der Waals surface area contributed by atoms with E-state index in [-0.39, 0.29) is 18.8 Å². The first kappa shape index (κ1) is 13.5. The topological polar surface area (TPSA) is 117 Å². The molecule has 8 nitrogen and oxygen atoms in total. The third-order valence-electron chi connectivity index (χ3n) is 3.24. The highest BCUT2D eigenvalue weighted by atomic mass is 16.6. The van der Waals surface area contributed by atoms with Crippen LogP contribution >= 0.6 is 0 Å². The molecule has 2 aromatic rings. The van der Waals surface area contributed by atoms with E-state index >= 15 is 0 Å². The van der Waals surface area contributed by atoms with Gasteiger partial charge >= 0.3 is 0 Å². The zero-order valence-corrected chi connectivity index (χ0v) is 11.2. The first-order chi connectivity index (χ1) is 10.2. The van der Waals surface area contributed by atoms with E-state index in [1.54, 1.807) is 0 Å². The van der Waals surface area contributed by atoms with Crippen molar-refractivity contribution in [1.29, 1.82) is 0 Å². The SMILES string of the molecule is NCc1cc([N+](=O)[O-])ccc1OCc1noc(C2CC2)n1. The van der Waals surface area contributed by atoms with Crippen molar-refractivity contribution in [3.8, 4) is 5.75 Å². The van der Waals surface area contributed by atoms with Crippen molar-refractivity contribution in [3.63, 3.8) is 0 Å². The van der Waals surface area contributed by atoms with Crippen LogP contribution in [0.15, 0.2) is 22.7 Å². The second-order valence-corrected chi connectivity index (χ2v) is 4.87. The van der Waals surface area contributed by atoms with Gasteiger partial charge in [-0.15, -0.1) is 0 Å². The second kappa shape index (κ2) is 5.49. The van der Waals surface area contributed by atoms with Crippen LogP contribution in [0.25, 0.3) is 0 Å². The Morgan fingerprint density at radius 1 is 1.48 bits per heavy atom. The molecule has 2 N–H and O–H groups in total. The van der Waals surface area contributed by atoms with Gasteiger partial charge < -0.3 is 15.0 Å². The van der Waals surface area contributed by atoms with Crippen molar-refractivity contribution in [1.82, 2.24) is 10.1 Å². The molecule has 0 saturated heterocycles. The Balaban J connectivity index is 1.69. The molecule has 0 unspecified atom stereocenters. The molecule has 1 aliphatic carbocycles. The Morgan fingerprint density at radius 3 is 2.95 bits per heavy atom. The van der Waals surface area contributed by atoms with Crippen molar-refractivity contribution >= 4 is 5.69 Å². The molecule has 1 fully saturated rings. The zero-order valence-electron chi connectivity index (χ0n) is 11.2. The van der Waals surface area contributed by atoms with Gasteiger partial charge in [0, 0.05) is 30.2 Å². The van der Waals surface area contributed by atoms with E-state index < -0.39 is 4.92 Å². The molecule has 21 heavy (non-hydrogen) atoms. The third kappa shape index (κ3) is 3.00. The summed E-state index contributed by atoms with van der Waals surface area (Å²) in [5.74, 6) is 1.99. The van der Waals surface area contributed by atoms with Crippen molar-refractivity contribution in [2.24, 2.45) is 5.73 Å². The fourth-order valence-electron chi connectivity index (χ4n) is 1.94. The maximum Gasteiger partial charge on any atom is 0.270 e. The average molecular weight is 290 g/mol. The average Bonchev–Trinajstić information content (AvgIpc) is 3.24. The number of rotatable bonds is 6. The monoisotopic (exact) mass is 290 g/mol. The van der Waals surface area contributed by atoms with Gasteiger partial charge in [0.2, 0.25) is 11.7 Å². The minimum absolute atomic E-state index is 0.0154. The summed E-state index contributed by atoms with van der Waals surface area (Å²) in [6.07, 6.45) is 2.17. The lowest BCUT2D eigenvalue weighted by atomic mass is 10.2. The maximum atomic E-state index is 10.7. The Bertz CT molecular complexity index is 666. The van der Waals surface area contributed by atoms with Gasteiger partial charge in [-0.25, -0.2) is 0 Å². The van der Waals surface area contributed by atoms with E-state index in [0.29, 0.717) is 28.9 Å². The Labute approximate surface area is 120 Å². The number of hydrogen-bond acceptors (Lipinski definition) is 7. The predicted molar refractivity (Wildman–Crippen MR) is 71.6 cm³/mol. The van der Waals surface area contributed by atoms with E-state index in [2.05, 4.69) is 10.1 Å². The van der Waals surface area contributed by atoms with E-state index in [1.165, 1.54) is 18.2 Å². The Hall–Kier alpha value is -2.48. The number of nitro groups is 1. The smallest absolute Gasteiger partial charge is 0.270 e. The van der Waals surface area contributed by atoms with Gasteiger partial charge in [0.05, 0.1) is 4.92 Å². The normalized spacial score (nSPS) is 14.1. The van der Waals surface area contributed by atoms with Gasteiger partial charge in [-0.1, -0.05) is 5.16 Å². The summed E-state index contributed by atoms with van der Waals surface area (Å²) in [4.78, 5) is 14.5. The molecule has 8 heteroatoms. The first-order valence-corrected chi connectivity index (χ1v) is 6.60. The summed E-state index contributed by atoms with van der Waals surface area (Å²) in [6.45, 7) is 0.289. The van der Waals surface area contributed by atoms with Gasteiger partial charge in [-0.3, -0.25) is 10.1 Å². The third-order valence-corrected chi connectivity index (χ3v) is 3.24. The van der Waals surface area contributed by atoms with Crippen LogP contribution < -0.4 is 10.5 Å². The van der Waals surface area contributed by atoms with Crippen molar-refractivity contribution in [3.05, 3.63) is 45.6 Å². The lowest BCUT2D eigenvalue weighted by Gasteiger charge is -2.08. The summed E-state index contributed by atoms with van der Waals surface area (Å²) in [6, 6.07) is 4.31. The van der Waals surface area contributed by atoms with Crippen LogP contribution in [0.3, 0.4) is 0 Å².